The molecule has 5 heteroatoms. The van der Waals surface area contributed by atoms with Crippen LogP contribution in [0.4, 0.5) is 9.18 Å². The molecule has 0 atom stereocenters. The molecule has 1 aromatic heterocycles. The number of carbonyl (C=O) groups is 1. The molecule has 0 bridgehead atoms. The van der Waals surface area contributed by atoms with E-state index in [4.69, 9.17) is 4.74 Å². The minimum Gasteiger partial charge on any atom is -0.444 e. The van der Waals surface area contributed by atoms with Gasteiger partial charge in [-0.1, -0.05) is 6.08 Å². The lowest BCUT2D eigenvalue weighted by Gasteiger charge is -2.29. The van der Waals surface area contributed by atoms with E-state index < -0.39 is 11.5 Å². The van der Waals surface area contributed by atoms with Gasteiger partial charge in [0, 0.05) is 24.8 Å². The molecule has 0 aromatic carbocycles. The van der Waals surface area contributed by atoms with Crippen molar-refractivity contribution >= 4 is 11.7 Å². The lowest BCUT2D eigenvalue weighted by atomic mass is 10.0. The van der Waals surface area contributed by atoms with Gasteiger partial charge in [-0.15, -0.1) is 0 Å². The first-order valence-corrected chi connectivity index (χ1v) is 6.65. The fourth-order valence-corrected chi connectivity index (χ4v) is 2.03. The number of nitrogens with zero attached hydrogens (tertiary/aromatic N) is 2. The Balaban J connectivity index is 2.04. The average Bonchev–Trinajstić information content (AvgIpc) is 2.37. The van der Waals surface area contributed by atoms with Gasteiger partial charge in [0.2, 0.25) is 5.95 Å². The first-order chi connectivity index (χ1) is 9.37. The molecule has 1 aromatic rings. The standard InChI is InChI=1S/C15H19FN2O2/c1-15(2,3)20-14(19)18-9-6-11(7-10-18)12-5-4-8-17-13(12)16/h4-6,8H,7,9-10H2,1-3H3. The van der Waals surface area contributed by atoms with Crippen LogP contribution in [0.15, 0.2) is 24.4 Å². The first-order valence-electron chi connectivity index (χ1n) is 6.65. The Hall–Kier alpha value is -1.91. The topological polar surface area (TPSA) is 42.4 Å². The van der Waals surface area contributed by atoms with Gasteiger partial charge in [-0.2, -0.15) is 4.39 Å². The van der Waals surface area contributed by atoms with Crippen molar-refractivity contribution in [1.29, 1.82) is 0 Å². The van der Waals surface area contributed by atoms with Crippen LogP contribution in [0.2, 0.25) is 0 Å². The van der Waals surface area contributed by atoms with Crippen molar-refractivity contribution in [1.82, 2.24) is 9.88 Å². The molecular weight excluding hydrogens is 259 g/mol. The highest BCUT2D eigenvalue weighted by Crippen LogP contribution is 2.24. The lowest BCUT2D eigenvalue weighted by molar-refractivity contribution is 0.0270. The van der Waals surface area contributed by atoms with Crippen LogP contribution in [0.3, 0.4) is 0 Å². The smallest absolute Gasteiger partial charge is 0.410 e. The second-order valence-corrected chi connectivity index (χ2v) is 5.75. The van der Waals surface area contributed by atoms with E-state index in [1.54, 1.807) is 17.0 Å². The van der Waals surface area contributed by atoms with Crippen molar-refractivity contribution in [3.63, 3.8) is 0 Å². The summed E-state index contributed by atoms with van der Waals surface area (Å²) in [7, 11) is 0. The minimum absolute atomic E-state index is 0.334. The fourth-order valence-electron chi connectivity index (χ4n) is 2.03. The van der Waals surface area contributed by atoms with Crippen molar-refractivity contribution < 1.29 is 13.9 Å². The van der Waals surface area contributed by atoms with E-state index in [2.05, 4.69) is 4.98 Å². The van der Waals surface area contributed by atoms with Crippen LogP contribution in [0.1, 0.15) is 32.8 Å². The lowest BCUT2D eigenvalue weighted by Crippen LogP contribution is -2.39. The summed E-state index contributed by atoms with van der Waals surface area (Å²) in [5, 5.41) is 0. The average molecular weight is 278 g/mol. The van der Waals surface area contributed by atoms with Crippen molar-refractivity contribution in [3.8, 4) is 0 Å². The van der Waals surface area contributed by atoms with Crippen molar-refractivity contribution in [3.05, 3.63) is 35.9 Å². The fraction of sp³-hybridized carbons (Fsp3) is 0.467. The monoisotopic (exact) mass is 278 g/mol. The second kappa shape index (κ2) is 5.61. The van der Waals surface area contributed by atoms with Crippen LogP contribution in [0.25, 0.3) is 5.57 Å². The molecule has 20 heavy (non-hydrogen) atoms. The number of carbonyl (C=O) groups excluding carboxylic acids is 1. The van der Waals surface area contributed by atoms with Crippen LogP contribution < -0.4 is 0 Å². The van der Waals surface area contributed by atoms with Crippen LogP contribution >= 0.6 is 0 Å². The molecule has 2 heterocycles. The van der Waals surface area contributed by atoms with Gasteiger partial charge in [-0.25, -0.2) is 9.78 Å². The van der Waals surface area contributed by atoms with Crippen molar-refractivity contribution in [2.75, 3.05) is 13.1 Å². The Labute approximate surface area is 118 Å². The number of amides is 1. The second-order valence-electron chi connectivity index (χ2n) is 5.75. The predicted octanol–water partition coefficient (Wildman–Crippen LogP) is 3.24. The zero-order valence-corrected chi connectivity index (χ0v) is 12.0. The van der Waals surface area contributed by atoms with E-state index in [-0.39, 0.29) is 6.09 Å². The number of aromatic nitrogens is 1. The number of halogens is 1. The van der Waals surface area contributed by atoms with E-state index in [1.165, 1.54) is 6.20 Å². The number of hydrogen-bond acceptors (Lipinski definition) is 3. The number of ether oxygens (including phenoxy) is 1. The zero-order chi connectivity index (χ0) is 14.8. The molecule has 0 saturated carbocycles. The first kappa shape index (κ1) is 14.5. The molecule has 0 saturated heterocycles. The third-order valence-corrected chi connectivity index (χ3v) is 2.97. The molecule has 1 aliphatic rings. The van der Waals surface area contributed by atoms with E-state index >= 15 is 0 Å². The molecule has 0 unspecified atom stereocenters. The van der Waals surface area contributed by atoms with E-state index in [0.29, 0.717) is 25.1 Å². The van der Waals surface area contributed by atoms with Gasteiger partial charge in [0.05, 0.1) is 0 Å². The summed E-state index contributed by atoms with van der Waals surface area (Å²) < 4.78 is 18.9. The third-order valence-electron chi connectivity index (χ3n) is 2.97. The highest BCUT2D eigenvalue weighted by atomic mass is 19.1. The Morgan fingerprint density at radius 3 is 2.75 bits per heavy atom. The summed E-state index contributed by atoms with van der Waals surface area (Å²) in [5.41, 5.74) is 0.892. The summed E-state index contributed by atoms with van der Waals surface area (Å²) >= 11 is 0. The maximum absolute atomic E-state index is 13.6. The van der Waals surface area contributed by atoms with Gasteiger partial charge in [-0.05, 0) is 44.9 Å². The maximum Gasteiger partial charge on any atom is 0.410 e. The number of pyridine rings is 1. The Bertz CT molecular complexity index is 535. The summed E-state index contributed by atoms with van der Waals surface area (Å²) in [4.78, 5) is 17.2. The number of hydrogen-bond donors (Lipinski definition) is 0. The van der Waals surface area contributed by atoms with Gasteiger partial charge in [0.1, 0.15) is 5.60 Å². The van der Waals surface area contributed by atoms with E-state index in [0.717, 1.165) is 5.57 Å². The van der Waals surface area contributed by atoms with Crippen molar-refractivity contribution in [2.45, 2.75) is 32.8 Å². The van der Waals surface area contributed by atoms with Gasteiger partial charge in [0.15, 0.2) is 0 Å². The minimum atomic E-state index is -0.503. The SMILES string of the molecule is CC(C)(C)OC(=O)N1CC=C(c2cccnc2F)CC1. The molecule has 4 nitrogen and oxygen atoms in total. The number of rotatable bonds is 1. The normalized spacial score (nSPS) is 15.8. The quantitative estimate of drug-likeness (QED) is 0.741. The van der Waals surface area contributed by atoms with Gasteiger partial charge >= 0.3 is 6.09 Å². The molecular formula is C15H19FN2O2. The van der Waals surface area contributed by atoms with Crippen molar-refractivity contribution in [2.24, 2.45) is 0 Å². The zero-order valence-electron chi connectivity index (χ0n) is 12.0. The molecule has 108 valence electrons. The Kier molecular flexibility index (Phi) is 4.06. The molecule has 0 fully saturated rings. The summed E-state index contributed by atoms with van der Waals surface area (Å²) in [6, 6.07) is 3.41. The molecule has 1 amide bonds. The Morgan fingerprint density at radius 1 is 1.45 bits per heavy atom. The van der Waals surface area contributed by atoms with Gasteiger partial charge < -0.3 is 9.64 Å². The van der Waals surface area contributed by atoms with Crippen LogP contribution in [0.5, 0.6) is 0 Å². The van der Waals surface area contributed by atoms with E-state index in [1.807, 2.05) is 26.8 Å². The van der Waals surface area contributed by atoms with Crippen LogP contribution in [-0.2, 0) is 4.74 Å². The highest BCUT2D eigenvalue weighted by molar-refractivity contribution is 5.72. The molecule has 0 aliphatic carbocycles. The summed E-state index contributed by atoms with van der Waals surface area (Å²) in [6.07, 6.45) is 3.55. The molecule has 1 aliphatic heterocycles. The Morgan fingerprint density at radius 2 is 2.20 bits per heavy atom. The van der Waals surface area contributed by atoms with Gasteiger partial charge in [0.25, 0.3) is 0 Å². The molecule has 2 rings (SSSR count). The largest absolute Gasteiger partial charge is 0.444 e. The summed E-state index contributed by atoms with van der Waals surface area (Å²) in [6.45, 7) is 6.46. The molecule has 0 spiro atoms. The molecule has 0 N–H and O–H groups in total. The maximum atomic E-state index is 13.6. The van der Waals surface area contributed by atoms with E-state index in [9.17, 15) is 9.18 Å². The van der Waals surface area contributed by atoms with Crippen LogP contribution in [0, 0.1) is 5.95 Å². The van der Waals surface area contributed by atoms with Gasteiger partial charge in [-0.3, -0.25) is 0 Å². The molecule has 0 radical (unpaired) electrons. The third kappa shape index (κ3) is 3.56. The summed E-state index contributed by atoms with van der Waals surface area (Å²) in [5.74, 6) is -0.468. The highest BCUT2D eigenvalue weighted by Gasteiger charge is 2.24. The van der Waals surface area contributed by atoms with Crippen LogP contribution in [-0.4, -0.2) is 34.7 Å². The predicted molar refractivity (Wildman–Crippen MR) is 74.6 cm³/mol.